The highest BCUT2D eigenvalue weighted by Gasteiger charge is 2.20. The van der Waals surface area contributed by atoms with Crippen LogP contribution in [0, 0.1) is 6.92 Å². The Morgan fingerprint density at radius 1 is 1.45 bits per heavy atom. The van der Waals surface area contributed by atoms with Gasteiger partial charge in [0.1, 0.15) is 0 Å². The summed E-state index contributed by atoms with van der Waals surface area (Å²) in [6.07, 6.45) is 3.82. The fourth-order valence-electron chi connectivity index (χ4n) is 2.58. The van der Waals surface area contributed by atoms with Crippen molar-refractivity contribution < 1.29 is 4.79 Å². The van der Waals surface area contributed by atoms with Crippen LogP contribution in [-0.4, -0.2) is 41.1 Å². The van der Waals surface area contributed by atoms with E-state index in [1.54, 1.807) is 0 Å². The Kier molecular flexibility index (Phi) is 4.50. The molecule has 2 aromatic rings. The van der Waals surface area contributed by atoms with Gasteiger partial charge in [0.05, 0.1) is 18.1 Å². The molecule has 3 rings (SSSR count). The molecular formula is C16H21N5O. The van der Waals surface area contributed by atoms with E-state index in [1.807, 2.05) is 48.3 Å². The summed E-state index contributed by atoms with van der Waals surface area (Å²) in [5, 5.41) is 9.40. The molecule has 0 saturated carbocycles. The minimum absolute atomic E-state index is 0.00262. The number of carbonyl (C=O) groups is 1. The molecule has 116 valence electrons. The summed E-state index contributed by atoms with van der Waals surface area (Å²) in [4.78, 5) is 16.4. The Morgan fingerprint density at radius 2 is 2.36 bits per heavy atom. The summed E-state index contributed by atoms with van der Waals surface area (Å²) in [5.41, 5.74) is 2.96. The molecule has 3 N–H and O–H groups in total. The van der Waals surface area contributed by atoms with Crippen molar-refractivity contribution in [1.29, 1.82) is 0 Å². The molecule has 1 aromatic heterocycles. The number of nitrogens with zero attached hydrogens (tertiary/aromatic N) is 2. The predicted molar refractivity (Wildman–Crippen MR) is 85.8 cm³/mol. The number of anilines is 1. The normalized spacial score (nSPS) is 18.1. The first kappa shape index (κ1) is 14.7. The van der Waals surface area contributed by atoms with Gasteiger partial charge in [-0.15, -0.1) is 0 Å². The number of nitrogens with one attached hydrogen (secondary N) is 3. The van der Waals surface area contributed by atoms with Crippen LogP contribution in [0.1, 0.15) is 11.3 Å². The second-order valence-corrected chi connectivity index (χ2v) is 5.59. The van der Waals surface area contributed by atoms with Gasteiger partial charge in [0.2, 0.25) is 5.91 Å². The maximum atomic E-state index is 12.2. The Morgan fingerprint density at radius 3 is 3.09 bits per heavy atom. The molecule has 1 aromatic carbocycles. The van der Waals surface area contributed by atoms with E-state index in [9.17, 15) is 4.79 Å². The zero-order valence-corrected chi connectivity index (χ0v) is 12.7. The van der Waals surface area contributed by atoms with Crippen LogP contribution in [0.25, 0.3) is 0 Å². The number of aryl methyl sites for hydroxylation is 1. The molecule has 1 saturated heterocycles. The first-order chi connectivity index (χ1) is 10.7. The van der Waals surface area contributed by atoms with Crippen molar-refractivity contribution in [2.45, 2.75) is 19.5 Å². The summed E-state index contributed by atoms with van der Waals surface area (Å²) < 4.78 is 2.03. The predicted octanol–water partition coefficient (Wildman–Crippen LogP) is 0.740. The minimum Gasteiger partial charge on any atom is -0.333 e. The molecule has 1 aliphatic heterocycles. The highest BCUT2D eigenvalue weighted by atomic mass is 16.2. The van der Waals surface area contributed by atoms with Crippen LogP contribution in [0.15, 0.2) is 36.8 Å². The summed E-state index contributed by atoms with van der Waals surface area (Å²) in [6, 6.07) is 7.75. The SMILES string of the molecule is Cc1cn(Cc2cccc(NC(=O)[C@H]3CNCCN3)c2)cn1. The Bertz CT molecular complexity index is 645. The fraction of sp³-hybridized carbons (Fsp3) is 0.375. The number of amides is 1. The third-order valence-electron chi connectivity index (χ3n) is 3.68. The second kappa shape index (κ2) is 6.72. The summed E-state index contributed by atoms with van der Waals surface area (Å²) >= 11 is 0. The van der Waals surface area contributed by atoms with E-state index < -0.39 is 0 Å². The van der Waals surface area contributed by atoms with Crippen molar-refractivity contribution in [3.05, 3.63) is 48.0 Å². The smallest absolute Gasteiger partial charge is 0.242 e. The Hall–Kier alpha value is -2.18. The fourth-order valence-corrected chi connectivity index (χ4v) is 2.58. The molecule has 1 aliphatic rings. The van der Waals surface area contributed by atoms with Gasteiger partial charge in [-0.05, 0) is 24.6 Å². The minimum atomic E-state index is -0.172. The van der Waals surface area contributed by atoms with E-state index in [0.717, 1.165) is 36.6 Å². The Labute approximate surface area is 129 Å². The van der Waals surface area contributed by atoms with E-state index in [-0.39, 0.29) is 11.9 Å². The quantitative estimate of drug-likeness (QED) is 0.779. The highest BCUT2D eigenvalue weighted by molar-refractivity contribution is 5.95. The van der Waals surface area contributed by atoms with Gasteiger partial charge < -0.3 is 20.5 Å². The van der Waals surface area contributed by atoms with Crippen molar-refractivity contribution in [2.75, 3.05) is 25.0 Å². The van der Waals surface area contributed by atoms with Gasteiger partial charge in [-0.3, -0.25) is 4.79 Å². The van der Waals surface area contributed by atoms with Crippen molar-refractivity contribution in [1.82, 2.24) is 20.2 Å². The van der Waals surface area contributed by atoms with Gasteiger partial charge in [-0.1, -0.05) is 12.1 Å². The molecule has 6 nitrogen and oxygen atoms in total. The summed E-state index contributed by atoms with van der Waals surface area (Å²) in [6.45, 7) is 5.10. The number of piperazine rings is 1. The van der Waals surface area contributed by atoms with Gasteiger partial charge in [0.15, 0.2) is 0 Å². The maximum Gasteiger partial charge on any atom is 0.242 e. The van der Waals surface area contributed by atoms with Gasteiger partial charge in [0.25, 0.3) is 0 Å². The molecule has 6 heteroatoms. The van der Waals surface area contributed by atoms with E-state index in [0.29, 0.717) is 6.54 Å². The van der Waals surface area contributed by atoms with Crippen LogP contribution in [-0.2, 0) is 11.3 Å². The van der Waals surface area contributed by atoms with Gasteiger partial charge >= 0.3 is 0 Å². The average molecular weight is 299 g/mol. The molecule has 0 bridgehead atoms. The largest absolute Gasteiger partial charge is 0.333 e. The monoisotopic (exact) mass is 299 g/mol. The molecule has 1 amide bonds. The second-order valence-electron chi connectivity index (χ2n) is 5.59. The third-order valence-corrected chi connectivity index (χ3v) is 3.68. The number of carbonyl (C=O) groups excluding carboxylic acids is 1. The number of hydrogen-bond acceptors (Lipinski definition) is 4. The summed E-state index contributed by atoms with van der Waals surface area (Å²) in [7, 11) is 0. The molecular weight excluding hydrogens is 278 g/mol. The van der Waals surface area contributed by atoms with E-state index in [2.05, 4.69) is 20.9 Å². The molecule has 22 heavy (non-hydrogen) atoms. The van der Waals surface area contributed by atoms with Crippen LogP contribution in [0.2, 0.25) is 0 Å². The summed E-state index contributed by atoms with van der Waals surface area (Å²) in [5.74, 6) is 0.00262. The topological polar surface area (TPSA) is 71.0 Å². The van der Waals surface area contributed by atoms with Crippen LogP contribution < -0.4 is 16.0 Å². The number of benzene rings is 1. The maximum absolute atomic E-state index is 12.2. The first-order valence-corrected chi connectivity index (χ1v) is 7.53. The number of hydrogen-bond donors (Lipinski definition) is 3. The van der Waals surface area contributed by atoms with Gasteiger partial charge in [0, 0.05) is 38.1 Å². The van der Waals surface area contributed by atoms with Crippen LogP contribution in [0.4, 0.5) is 5.69 Å². The van der Waals surface area contributed by atoms with Crippen LogP contribution >= 0.6 is 0 Å². The van der Waals surface area contributed by atoms with E-state index in [1.165, 1.54) is 0 Å². The lowest BCUT2D eigenvalue weighted by Gasteiger charge is -2.23. The van der Waals surface area contributed by atoms with Crippen molar-refractivity contribution in [2.24, 2.45) is 0 Å². The molecule has 0 aliphatic carbocycles. The van der Waals surface area contributed by atoms with Crippen LogP contribution in [0.3, 0.4) is 0 Å². The van der Waals surface area contributed by atoms with Crippen molar-refractivity contribution >= 4 is 11.6 Å². The van der Waals surface area contributed by atoms with E-state index >= 15 is 0 Å². The molecule has 0 spiro atoms. The molecule has 0 radical (unpaired) electrons. The number of rotatable bonds is 4. The van der Waals surface area contributed by atoms with Gasteiger partial charge in [-0.2, -0.15) is 0 Å². The third kappa shape index (κ3) is 3.72. The standard InChI is InChI=1S/C16H21N5O/c1-12-9-21(11-19-12)10-13-3-2-4-14(7-13)20-16(22)15-8-17-5-6-18-15/h2-4,7,9,11,15,17-18H,5-6,8,10H2,1H3,(H,20,22)/t15-/m1/s1. The van der Waals surface area contributed by atoms with E-state index in [4.69, 9.17) is 0 Å². The number of imidazole rings is 1. The molecule has 0 unspecified atom stereocenters. The lowest BCUT2D eigenvalue weighted by molar-refractivity contribution is -0.118. The molecule has 1 atom stereocenters. The van der Waals surface area contributed by atoms with Crippen molar-refractivity contribution in [3.63, 3.8) is 0 Å². The van der Waals surface area contributed by atoms with Crippen molar-refractivity contribution in [3.8, 4) is 0 Å². The lowest BCUT2D eigenvalue weighted by atomic mass is 10.1. The highest BCUT2D eigenvalue weighted by Crippen LogP contribution is 2.13. The molecule has 1 fully saturated rings. The van der Waals surface area contributed by atoms with Crippen LogP contribution in [0.5, 0.6) is 0 Å². The van der Waals surface area contributed by atoms with Gasteiger partial charge in [-0.25, -0.2) is 4.98 Å². The Balaban J connectivity index is 1.64. The number of aromatic nitrogens is 2. The lowest BCUT2D eigenvalue weighted by Crippen LogP contribution is -2.54. The zero-order valence-electron chi connectivity index (χ0n) is 12.7. The average Bonchev–Trinajstić information content (AvgIpc) is 2.93. The first-order valence-electron chi connectivity index (χ1n) is 7.53. The zero-order chi connectivity index (χ0) is 15.4. The molecule has 2 heterocycles.